The van der Waals surface area contributed by atoms with Crippen LogP contribution in [0.15, 0.2) is 97.1 Å². The average molecular weight is 354 g/mol. The van der Waals surface area contributed by atoms with Gasteiger partial charge in [-0.25, -0.2) is 0 Å². The first-order chi connectivity index (χ1) is 12.8. The minimum atomic E-state index is 0.758. The van der Waals surface area contributed by atoms with E-state index in [-0.39, 0.29) is 0 Å². The fraction of sp³-hybridized carbons (Fsp3) is 0. The molecule has 4 aromatic carbocycles. The first-order valence-corrected chi connectivity index (χ1v) is 9.04. The molecule has 26 heavy (non-hydrogen) atoms. The molecular formula is C24H16ClN. The first kappa shape index (κ1) is 15.2. The second-order valence-electron chi connectivity index (χ2n) is 6.43. The van der Waals surface area contributed by atoms with E-state index in [2.05, 4.69) is 83.4 Å². The first-order valence-electron chi connectivity index (χ1n) is 8.66. The van der Waals surface area contributed by atoms with Gasteiger partial charge < -0.3 is 4.57 Å². The topological polar surface area (TPSA) is 4.93 Å². The second-order valence-corrected chi connectivity index (χ2v) is 6.86. The zero-order valence-electron chi connectivity index (χ0n) is 14.1. The third-order valence-corrected chi connectivity index (χ3v) is 5.10. The second kappa shape index (κ2) is 6.05. The quantitative estimate of drug-likeness (QED) is 0.319. The van der Waals surface area contributed by atoms with Gasteiger partial charge in [-0.05, 0) is 47.5 Å². The molecule has 1 nitrogen and oxygen atoms in total. The molecule has 0 spiro atoms. The van der Waals surface area contributed by atoms with E-state index >= 15 is 0 Å². The number of benzene rings is 4. The van der Waals surface area contributed by atoms with Crippen LogP contribution in [0.3, 0.4) is 0 Å². The van der Waals surface area contributed by atoms with E-state index in [1.165, 1.54) is 21.8 Å². The van der Waals surface area contributed by atoms with Crippen LogP contribution in [-0.4, -0.2) is 4.57 Å². The van der Waals surface area contributed by atoms with Crippen LogP contribution in [0.25, 0.3) is 38.6 Å². The summed E-state index contributed by atoms with van der Waals surface area (Å²) in [6.45, 7) is 0. The van der Waals surface area contributed by atoms with Crippen molar-refractivity contribution in [2.45, 2.75) is 0 Å². The molecular weight excluding hydrogens is 338 g/mol. The van der Waals surface area contributed by atoms with Gasteiger partial charge in [0.15, 0.2) is 0 Å². The lowest BCUT2D eigenvalue weighted by Gasteiger charge is -2.09. The fourth-order valence-electron chi connectivity index (χ4n) is 3.67. The molecule has 0 atom stereocenters. The lowest BCUT2D eigenvalue weighted by atomic mass is 10.1. The highest BCUT2D eigenvalue weighted by Crippen LogP contribution is 2.32. The number of fused-ring (bicyclic) bond motifs is 3. The third kappa shape index (κ3) is 2.40. The molecule has 0 N–H and O–H groups in total. The van der Waals surface area contributed by atoms with Crippen LogP contribution in [-0.2, 0) is 0 Å². The highest BCUT2D eigenvalue weighted by molar-refractivity contribution is 6.30. The van der Waals surface area contributed by atoms with Crippen LogP contribution in [0.5, 0.6) is 0 Å². The number of nitrogens with zero attached hydrogens (tertiary/aromatic N) is 1. The van der Waals surface area contributed by atoms with Crippen molar-refractivity contribution in [2.24, 2.45) is 0 Å². The Kier molecular flexibility index (Phi) is 3.55. The monoisotopic (exact) mass is 353 g/mol. The fourth-order valence-corrected chi connectivity index (χ4v) is 3.86. The Morgan fingerprint density at radius 1 is 0.538 bits per heavy atom. The molecule has 0 fully saturated rings. The van der Waals surface area contributed by atoms with E-state index < -0.39 is 0 Å². The van der Waals surface area contributed by atoms with Crippen molar-refractivity contribution in [1.29, 1.82) is 0 Å². The molecule has 5 rings (SSSR count). The Hall–Kier alpha value is -3.03. The largest absolute Gasteiger partial charge is 0.309 e. The van der Waals surface area contributed by atoms with Gasteiger partial charge in [0.05, 0.1) is 11.0 Å². The van der Waals surface area contributed by atoms with Gasteiger partial charge >= 0.3 is 0 Å². The van der Waals surface area contributed by atoms with Crippen LogP contribution in [0.2, 0.25) is 5.02 Å². The molecule has 124 valence electrons. The minimum absolute atomic E-state index is 0.758. The standard InChI is InChI=1S/C24H16ClN/c25-19-7-5-6-18(16-19)17-12-14-20(15-13-17)26-23-10-3-1-8-21(23)22-9-2-4-11-24(22)26/h1-16H. The SMILES string of the molecule is Clc1cccc(-c2ccc(-n3c4ccccc4c4ccccc43)cc2)c1. The predicted octanol–water partition coefficient (Wildman–Crippen LogP) is 7.10. The van der Waals surface area contributed by atoms with Gasteiger partial charge in [-0.3, -0.25) is 0 Å². The lowest BCUT2D eigenvalue weighted by Crippen LogP contribution is -1.93. The molecule has 0 aliphatic heterocycles. The van der Waals surface area contributed by atoms with E-state index in [9.17, 15) is 0 Å². The van der Waals surface area contributed by atoms with E-state index in [1.807, 2.05) is 18.2 Å². The van der Waals surface area contributed by atoms with Gasteiger partial charge in [0.1, 0.15) is 0 Å². The number of halogens is 1. The zero-order chi connectivity index (χ0) is 17.5. The predicted molar refractivity (Wildman–Crippen MR) is 111 cm³/mol. The molecule has 5 aromatic rings. The van der Waals surface area contributed by atoms with Crippen molar-refractivity contribution in [3.8, 4) is 16.8 Å². The molecule has 0 bridgehead atoms. The minimum Gasteiger partial charge on any atom is -0.309 e. The molecule has 0 unspecified atom stereocenters. The van der Waals surface area contributed by atoms with Crippen LogP contribution in [0, 0.1) is 0 Å². The van der Waals surface area contributed by atoms with Crippen molar-refractivity contribution in [2.75, 3.05) is 0 Å². The molecule has 1 aromatic heterocycles. The zero-order valence-corrected chi connectivity index (χ0v) is 14.8. The van der Waals surface area contributed by atoms with Crippen molar-refractivity contribution in [1.82, 2.24) is 4.57 Å². The van der Waals surface area contributed by atoms with E-state index in [1.54, 1.807) is 0 Å². The lowest BCUT2D eigenvalue weighted by molar-refractivity contribution is 1.18. The maximum atomic E-state index is 6.13. The number of hydrogen-bond donors (Lipinski definition) is 0. The van der Waals surface area contributed by atoms with Gasteiger partial charge in [-0.1, -0.05) is 72.3 Å². The summed E-state index contributed by atoms with van der Waals surface area (Å²) in [5.41, 5.74) is 5.91. The summed E-state index contributed by atoms with van der Waals surface area (Å²) in [4.78, 5) is 0. The van der Waals surface area contributed by atoms with Gasteiger partial charge in [-0.2, -0.15) is 0 Å². The molecule has 0 saturated carbocycles. The summed E-state index contributed by atoms with van der Waals surface area (Å²) in [5.74, 6) is 0. The van der Waals surface area contributed by atoms with Crippen LogP contribution in [0.1, 0.15) is 0 Å². The number of para-hydroxylation sites is 2. The number of rotatable bonds is 2. The van der Waals surface area contributed by atoms with Gasteiger partial charge in [0.2, 0.25) is 0 Å². The Bertz CT molecular complexity index is 1180. The number of hydrogen-bond acceptors (Lipinski definition) is 0. The highest BCUT2D eigenvalue weighted by atomic mass is 35.5. The highest BCUT2D eigenvalue weighted by Gasteiger charge is 2.11. The Morgan fingerprint density at radius 2 is 1.15 bits per heavy atom. The molecule has 0 aliphatic carbocycles. The maximum Gasteiger partial charge on any atom is 0.0541 e. The van der Waals surface area contributed by atoms with Gasteiger partial charge in [0, 0.05) is 21.5 Å². The van der Waals surface area contributed by atoms with Crippen molar-refractivity contribution < 1.29 is 0 Å². The van der Waals surface area contributed by atoms with E-state index in [0.717, 1.165) is 21.8 Å². The molecule has 2 heteroatoms. The molecule has 0 amide bonds. The van der Waals surface area contributed by atoms with E-state index in [0.29, 0.717) is 0 Å². The molecule has 1 heterocycles. The summed E-state index contributed by atoms with van der Waals surface area (Å²) < 4.78 is 2.33. The van der Waals surface area contributed by atoms with Crippen LogP contribution >= 0.6 is 11.6 Å². The molecule has 0 radical (unpaired) electrons. The Morgan fingerprint density at radius 3 is 1.77 bits per heavy atom. The van der Waals surface area contributed by atoms with Crippen molar-refractivity contribution in [3.63, 3.8) is 0 Å². The molecule has 0 saturated heterocycles. The Labute approximate surface area is 157 Å². The van der Waals surface area contributed by atoms with Gasteiger partial charge in [-0.15, -0.1) is 0 Å². The average Bonchev–Trinajstić information content (AvgIpc) is 3.03. The van der Waals surface area contributed by atoms with Crippen molar-refractivity contribution in [3.05, 3.63) is 102 Å². The third-order valence-electron chi connectivity index (χ3n) is 4.86. The number of aromatic nitrogens is 1. The summed E-state index contributed by atoms with van der Waals surface area (Å²) >= 11 is 6.13. The van der Waals surface area contributed by atoms with Crippen LogP contribution in [0.4, 0.5) is 0 Å². The van der Waals surface area contributed by atoms with Crippen molar-refractivity contribution >= 4 is 33.4 Å². The van der Waals surface area contributed by atoms with Crippen LogP contribution < -0.4 is 0 Å². The smallest absolute Gasteiger partial charge is 0.0541 e. The van der Waals surface area contributed by atoms with Gasteiger partial charge in [0.25, 0.3) is 0 Å². The summed E-state index contributed by atoms with van der Waals surface area (Å²) in [7, 11) is 0. The summed E-state index contributed by atoms with van der Waals surface area (Å²) in [6.07, 6.45) is 0. The summed E-state index contributed by atoms with van der Waals surface area (Å²) in [5, 5.41) is 3.32. The van der Waals surface area contributed by atoms with E-state index in [4.69, 9.17) is 11.6 Å². The maximum absolute atomic E-state index is 6.13. The normalized spacial score (nSPS) is 11.3. The summed E-state index contributed by atoms with van der Waals surface area (Å²) in [6, 6.07) is 33.8. The Balaban J connectivity index is 1.70. The molecule has 0 aliphatic rings.